The molecule has 0 saturated heterocycles. The predicted molar refractivity (Wildman–Crippen MR) is 181 cm³/mol. The van der Waals surface area contributed by atoms with Gasteiger partial charge in [0.2, 0.25) is 0 Å². The third-order valence-corrected chi connectivity index (χ3v) is 8.32. The van der Waals surface area contributed by atoms with Crippen LogP contribution in [-0.2, 0) is 6.42 Å². The summed E-state index contributed by atoms with van der Waals surface area (Å²) >= 11 is 0. The van der Waals surface area contributed by atoms with E-state index in [1.54, 1.807) is 0 Å². The number of hydrogen-bond acceptors (Lipinski definition) is 3. The number of allylic oxidation sites excluding steroid dienone is 4. The molecule has 2 atom stereocenters. The highest BCUT2D eigenvalue weighted by Gasteiger charge is 2.17. The molecule has 0 amide bonds. The van der Waals surface area contributed by atoms with E-state index >= 15 is 0 Å². The van der Waals surface area contributed by atoms with Crippen LogP contribution >= 0.6 is 0 Å². The van der Waals surface area contributed by atoms with Crippen LogP contribution in [0.1, 0.15) is 29.5 Å². The summed E-state index contributed by atoms with van der Waals surface area (Å²) in [6.45, 7) is 2.26. The third-order valence-electron chi connectivity index (χ3n) is 8.32. The van der Waals surface area contributed by atoms with Gasteiger partial charge in [0.15, 0.2) is 0 Å². The number of hydrogen-bond donors (Lipinski definition) is 0. The Labute approximate surface area is 259 Å². The van der Waals surface area contributed by atoms with Crippen molar-refractivity contribution in [3.8, 4) is 45.0 Å². The van der Waals surface area contributed by atoms with Gasteiger partial charge in [-0.25, -0.2) is 4.98 Å². The van der Waals surface area contributed by atoms with Gasteiger partial charge in [0, 0.05) is 40.6 Å². The molecule has 44 heavy (non-hydrogen) atoms. The Kier molecular flexibility index (Phi) is 7.76. The van der Waals surface area contributed by atoms with Crippen molar-refractivity contribution >= 4 is 0 Å². The summed E-state index contributed by atoms with van der Waals surface area (Å²) < 4.78 is 0. The first-order chi connectivity index (χ1) is 21.7. The average Bonchev–Trinajstić information content (AvgIpc) is 3.10. The zero-order valence-corrected chi connectivity index (χ0v) is 24.7. The molecule has 6 aromatic rings. The molecule has 0 fully saturated rings. The normalized spacial score (nSPS) is 15.8. The maximum Gasteiger partial charge on any atom is 0.0744 e. The van der Waals surface area contributed by atoms with Gasteiger partial charge in [-0.2, -0.15) is 0 Å². The lowest BCUT2D eigenvalue weighted by Gasteiger charge is -2.20. The van der Waals surface area contributed by atoms with Crippen LogP contribution in [0.15, 0.2) is 158 Å². The fourth-order valence-electron chi connectivity index (χ4n) is 6.00. The smallest absolute Gasteiger partial charge is 0.0744 e. The lowest BCUT2D eigenvalue weighted by atomic mass is 9.85. The highest BCUT2D eigenvalue weighted by Crippen LogP contribution is 2.33. The zero-order valence-electron chi connectivity index (χ0n) is 24.7. The highest BCUT2D eigenvalue weighted by atomic mass is 14.7. The summed E-state index contributed by atoms with van der Waals surface area (Å²) in [5.41, 5.74) is 11.9. The number of benzene rings is 3. The van der Waals surface area contributed by atoms with Crippen LogP contribution in [0, 0.1) is 5.92 Å². The maximum atomic E-state index is 5.20. The van der Waals surface area contributed by atoms with Gasteiger partial charge in [0.25, 0.3) is 0 Å². The molecular weight excluding hydrogens is 534 g/mol. The van der Waals surface area contributed by atoms with Gasteiger partial charge in [-0.1, -0.05) is 110 Å². The van der Waals surface area contributed by atoms with Crippen LogP contribution in [0.2, 0.25) is 0 Å². The van der Waals surface area contributed by atoms with Crippen molar-refractivity contribution in [2.24, 2.45) is 5.92 Å². The molecule has 3 heterocycles. The number of aromatic nitrogens is 3. The number of rotatable bonds is 7. The largest absolute Gasteiger partial charge is 0.256 e. The first-order valence-corrected chi connectivity index (χ1v) is 15.2. The molecule has 3 aromatic heterocycles. The Hall–Kier alpha value is -5.41. The maximum absolute atomic E-state index is 5.20. The molecule has 0 N–H and O–H groups in total. The molecule has 0 aliphatic heterocycles. The second kappa shape index (κ2) is 12.4. The fourth-order valence-corrected chi connectivity index (χ4v) is 6.00. The third kappa shape index (κ3) is 5.91. The van der Waals surface area contributed by atoms with Gasteiger partial charge in [-0.3, -0.25) is 9.97 Å². The van der Waals surface area contributed by atoms with Crippen LogP contribution < -0.4 is 0 Å². The lowest BCUT2D eigenvalue weighted by molar-refractivity contribution is 0.633. The molecule has 3 heteroatoms. The van der Waals surface area contributed by atoms with Crippen molar-refractivity contribution < 1.29 is 0 Å². The van der Waals surface area contributed by atoms with Crippen molar-refractivity contribution in [3.05, 3.63) is 175 Å². The first-order valence-electron chi connectivity index (χ1n) is 15.2. The van der Waals surface area contributed by atoms with E-state index < -0.39 is 0 Å². The zero-order chi connectivity index (χ0) is 29.7. The summed E-state index contributed by atoms with van der Waals surface area (Å²) in [5, 5.41) is 0. The van der Waals surface area contributed by atoms with E-state index in [0.29, 0.717) is 11.8 Å². The van der Waals surface area contributed by atoms with Crippen molar-refractivity contribution in [1.82, 2.24) is 15.0 Å². The minimum atomic E-state index is 0.347. The first kappa shape index (κ1) is 27.4. The van der Waals surface area contributed by atoms with Crippen LogP contribution in [0.4, 0.5) is 0 Å². The van der Waals surface area contributed by atoms with Crippen molar-refractivity contribution in [1.29, 1.82) is 0 Å². The summed E-state index contributed by atoms with van der Waals surface area (Å²) in [4.78, 5) is 14.8. The molecule has 2 unspecified atom stereocenters. The molecule has 212 valence electrons. The van der Waals surface area contributed by atoms with E-state index in [4.69, 9.17) is 9.97 Å². The second-order valence-corrected chi connectivity index (χ2v) is 11.4. The van der Waals surface area contributed by atoms with Crippen LogP contribution in [0.25, 0.3) is 45.0 Å². The van der Waals surface area contributed by atoms with E-state index in [0.717, 1.165) is 51.5 Å². The second-order valence-electron chi connectivity index (χ2n) is 11.4. The minimum absolute atomic E-state index is 0.347. The van der Waals surface area contributed by atoms with E-state index in [-0.39, 0.29) is 0 Å². The molecule has 0 radical (unpaired) electrons. The number of nitrogens with zero attached hydrogens (tertiary/aromatic N) is 3. The Morgan fingerprint density at radius 3 is 1.93 bits per heavy atom. The van der Waals surface area contributed by atoms with Gasteiger partial charge >= 0.3 is 0 Å². The fraction of sp³-hybridized carbons (Fsp3) is 0.0976. The minimum Gasteiger partial charge on any atom is -0.256 e. The molecule has 3 aromatic carbocycles. The average molecular weight is 568 g/mol. The van der Waals surface area contributed by atoms with E-state index in [9.17, 15) is 0 Å². The summed E-state index contributed by atoms with van der Waals surface area (Å²) in [6.07, 6.45) is 13.4. The molecule has 1 aliphatic carbocycles. The molecule has 1 aliphatic rings. The summed E-state index contributed by atoms with van der Waals surface area (Å²) in [5.74, 6) is 0.798. The molecule has 3 nitrogen and oxygen atoms in total. The Morgan fingerprint density at radius 1 is 0.568 bits per heavy atom. The lowest BCUT2D eigenvalue weighted by Crippen LogP contribution is -2.07. The Morgan fingerprint density at radius 2 is 1.25 bits per heavy atom. The van der Waals surface area contributed by atoms with Crippen molar-refractivity contribution in [2.75, 3.05) is 0 Å². The molecule has 7 rings (SSSR count). The van der Waals surface area contributed by atoms with Crippen LogP contribution in [-0.4, -0.2) is 15.0 Å². The highest BCUT2D eigenvalue weighted by molar-refractivity contribution is 5.73. The quantitative estimate of drug-likeness (QED) is 0.193. The molecule has 0 saturated carbocycles. The molecular formula is C41H33N3. The summed E-state index contributed by atoms with van der Waals surface area (Å²) in [7, 11) is 0. The van der Waals surface area contributed by atoms with Crippen molar-refractivity contribution in [3.63, 3.8) is 0 Å². The van der Waals surface area contributed by atoms with Gasteiger partial charge in [-0.05, 0) is 71.5 Å². The molecule has 0 spiro atoms. The SMILES string of the molecule is CC1C=CC=CC1c1ccc(-c2cc(Cc3ccc(-c4ccccc4)nc3-c3ccccc3)cc(-c3ccccn3)c2)nc1. The van der Waals surface area contributed by atoms with E-state index in [2.05, 4.69) is 133 Å². The van der Waals surface area contributed by atoms with Crippen LogP contribution in [0.3, 0.4) is 0 Å². The predicted octanol–water partition coefficient (Wildman–Crippen LogP) is 9.98. The number of pyridine rings is 3. The van der Waals surface area contributed by atoms with Gasteiger partial charge < -0.3 is 0 Å². The summed E-state index contributed by atoms with van der Waals surface area (Å²) in [6, 6.07) is 42.4. The molecule has 0 bridgehead atoms. The Bertz CT molecular complexity index is 1930. The van der Waals surface area contributed by atoms with Crippen molar-refractivity contribution in [2.45, 2.75) is 19.3 Å². The Balaban J connectivity index is 1.29. The van der Waals surface area contributed by atoms with Gasteiger partial charge in [0.1, 0.15) is 0 Å². The van der Waals surface area contributed by atoms with E-state index in [1.165, 1.54) is 16.7 Å². The monoisotopic (exact) mass is 567 g/mol. The van der Waals surface area contributed by atoms with Gasteiger partial charge in [-0.15, -0.1) is 0 Å². The van der Waals surface area contributed by atoms with Crippen LogP contribution in [0.5, 0.6) is 0 Å². The topological polar surface area (TPSA) is 38.7 Å². The van der Waals surface area contributed by atoms with Gasteiger partial charge in [0.05, 0.1) is 22.8 Å². The van der Waals surface area contributed by atoms with E-state index in [1.807, 2.05) is 36.7 Å². The standard InChI is InChI=1S/C41H33N3/c1-29-12-8-9-17-37(29)34-20-21-39(43-28-34)36-26-30(25-35(27-36)38-18-10-11-23-42-38)24-33-19-22-40(31-13-4-2-5-14-31)44-41(33)32-15-6-3-7-16-32/h2-23,25-29,37H,24H2,1H3.